The van der Waals surface area contributed by atoms with Crippen LogP contribution in [0.4, 0.5) is 11.4 Å². The lowest BCUT2D eigenvalue weighted by Gasteiger charge is -2.26. The molecule has 0 heterocycles. The quantitative estimate of drug-likeness (QED) is 0.907. The SMILES string of the molecule is N#CCCN(c1ccccc1)c1cccc(Cl)c1CO. The van der Waals surface area contributed by atoms with Crippen molar-refractivity contribution in [3.8, 4) is 6.07 Å². The normalized spacial score (nSPS) is 10.1. The molecule has 0 radical (unpaired) electrons. The van der Waals surface area contributed by atoms with Gasteiger partial charge in [-0.1, -0.05) is 35.9 Å². The van der Waals surface area contributed by atoms with Gasteiger partial charge in [-0.15, -0.1) is 0 Å². The van der Waals surface area contributed by atoms with Crippen molar-refractivity contribution in [2.24, 2.45) is 0 Å². The van der Waals surface area contributed by atoms with Crippen molar-refractivity contribution in [3.63, 3.8) is 0 Å². The highest BCUT2D eigenvalue weighted by molar-refractivity contribution is 6.31. The van der Waals surface area contributed by atoms with Crippen molar-refractivity contribution in [2.45, 2.75) is 13.0 Å². The maximum atomic E-state index is 9.54. The maximum absolute atomic E-state index is 9.54. The predicted octanol–water partition coefficient (Wildman–Crippen LogP) is 3.88. The van der Waals surface area contributed by atoms with Gasteiger partial charge in [0.2, 0.25) is 0 Å². The molecule has 0 aliphatic rings. The lowest BCUT2D eigenvalue weighted by Crippen LogP contribution is -2.19. The second-order valence-corrected chi connectivity index (χ2v) is 4.70. The molecule has 2 aromatic carbocycles. The number of hydrogen-bond acceptors (Lipinski definition) is 3. The Hall–Kier alpha value is -2.02. The summed E-state index contributed by atoms with van der Waals surface area (Å²) < 4.78 is 0. The summed E-state index contributed by atoms with van der Waals surface area (Å²) in [7, 11) is 0. The highest BCUT2D eigenvalue weighted by Crippen LogP contribution is 2.32. The molecule has 0 aliphatic carbocycles. The lowest BCUT2D eigenvalue weighted by molar-refractivity contribution is 0.282. The van der Waals surface area contributed by atoms with E-state index in [4.69, 9.17) is 16.9 Å². The van der Waals surface area contributed by atoms with E-state index in [0.717, 1.165) is 11.4 Å². The van der Waals surface area contributed by atoms with Crippen molar-refractivity contribution in [2.75, 3.05) is 11.4 Å². The fraction of sp³-hybridized carbons (Fsp3) is 0.188. The van der Waals surface area contributed by atoms with Gasteiger partial charge in [-0.05, 0) is 24.3 Å². The van der Waals surface area contributed by atoms with E-state index in [1.54, 1.807) is 6.07 Å². The summed E-state index contributed by atoms with van der Waals surface area (Å²) in [6.07, 6.45) is 0.395. The number of benzene rings is 2. The van der Waals surface area contributed by atoms with Gasteiger partial charge in [-0.25, -0.2) is 0 Å². The van der Waals surface area contributed by atoms with Crippen LogP contribution in [0.25, 0.3) is 0 Å². The second kappa shape index (κ2) is 6.95. The Morgan fingerprint density at radius 3 is 2.50 bits per heavy atom. The van der Waals surface area contributed by atoms with Crippen LogP contribution in [-0.4, -0.2) is 11.7 Å². The Morgan fingerprint density at radius 2 is 1.85 bits per heavy atom. The first kappa shape index (κ1) is 14.4. The van der Waals surface area contributed by atoms with Crippen molar-refractivity contribution >= 4 is 23.0 Å². The van der Waals surface area contributed by atoms with Gasteiger partial charge in [0.15, 0.2) is 0 Å². The van der Waals surface area contributed by atoms with Crippen LogP contribution in [0, 0.1) is 11.3 Å². The van der Waals surface area contributed by atoms with Crippen LogP contribution >= 0.6 is 11.6 Å². The Labute approximate surface area is 123 Å². The van der Waals surface area contributed by atoms with Gasteiger partial charge >= 0.3 is 0 Å². The van der Waals surface area contributed by atoms with Crippen LogP contribution < -0.4 is 4.90 Å². The number of nitriles is 1. The zero-order chi connectivity index (χ0) is 14.4. The number of aliphatic hydroxyl groups is 1. The number of aliphatic hydroxyl groups excluding tert-OH is 1. The van der Waals surface area contributed by atoms with Gasteiger partial charge < -0.3 is 10.0 Å². The zero-order valence-corrected chi connectivity index (χ0v) is 11.7. The van der Waals surface area contributed by atoms with Crippen molar-refractivity contribution in [3.05, 3.63) is 59.1 Å². The van der Waals surface area contributed by atoms with E-state index in [-0.39, 0.29) is 6.61 Å². The number of para-hydroxylation sites is 1. The third kappa shape index (κ3) is 3.11. The Bertz CT molecular complexity index is 608. The molecule has 20 heavy (non-hydrogen) atoms. The van der Waals surface area contributed by atoms with Crippen molar-refractivity contribution in [1.29, 1.82) is 5.26 Å². The molecule has 1 N–H and O–H groups in total. The molecule has 0 aliphatic heterocycles. The number of rotatable bonds is 5. The summed E-state index contributed by atoms with van der Waals surface area (Å²) in [6, 6.07) is 17.4. The van der Waals surface area contributed by atoms with E-state index < -0.39 is 0 Å². The van der Waals surface area contributed by atoms with Gasteiger partial charge in [0.1, 0.15) is 0 Å². The Balaban J connectivity index is 2.47. The van der Waals surface area contributed by atoms with Gasteiger partial charge in [-0.3, -0.25) is 0 Å². The topological polar surface area (TPSA) is 47.3 Å². The number of hydrogen-bond donors (Lipinski definition) is 1. The highest BCUT2D eigenvalue weighted by Gasteiger charge is 2.14. The predicted molar refractivity (Wildman–Crippen MR) is 81.1 cm³/mol. The molecule has 0 aromatic heterocycles. The van der Waals surface area contributed by atoms with Crippen LogP contribution in [0.15, 0.2) is 48.5 Å². The van der Waals surface area contributed by atoms with E-state index in [1.807, 2.05) is 47.4 Å². The first-order valence-corrected chi connectivity index (χ1v) is 6.73. The van der Waals surface area contributed by atoms with Gasteiger partial charge in [0.25, 0.3) is 0 Å². The average molecular weight is 287 g/mol. The molecular weight excluding hydrogens is 272 g/mol. The zero-order valence-electron chi connectivity index (χ0n) is 11.0. The third-order valence-electron chi connectivity index (χ3n) is 3.06. The molecular formula is C16H15ClN2O. The number of nitrogens with zero attached hydrogens (tertiary/aromatic N) is 2. The molecule has 0 atom stereocenters. The highest BCUT2D eigenvalue weighted by atomic mass is 35.5. The maximum Gasteiger partial charge on any atom is 0.0716 e. The monoisotopic (exact) mass is 286 g/mol. The van der Waals surface area contributed by atoms with Crippen LogP contribution in [0.5, 0.6) is 0 Å². The molecule has 0 unspecified atom stereocenters. The molecule has 0 bridgehead atoms. The minimum Gasteiger partial charge on any atom is -0.392 e. The average Bonchev–Trinajstić information content (AvgIpc) is 2.49. The first-order valence-electron chi connectivity index (χ1n) is 6.35. The van der Waals surface area contributed by atoms with Gasteiger partial charge in [0.05, 0.1) is 19.1 Å². The molecule has 0 saturated carbocycles. The molecule has 102 valence electrons. The lowest BCUT2D eigenvalue weighted by atomic mass is 10.1. The summed E-state index contributed by atoms with van der Waals surface area (Å²) in [4.78, 5) is 2.00. The Kier molecular flexibility index (Phi) is 5.00. The minimum atomic E-state index is -0.134. The second-order valence-electron chi connectivity index (χ2n) is 4.29. The van der Waals surface area contributed by atoms with Crippen LogP contribution in [0.3, 0.4) is 0 Å². The van der Waals surface area contributed by atoms with Gasteiger partial charge in [0, 0.05) is 28.5 Å². The molecule has 3 nitrogen and oxygen atoms in total. The summed E-state index contributed by atoms with van der Waals surface area (Å²) in [6.45, 7) is 0.415. The van der Waals surface area contributed by atoms with Crippen molar-refractivity contribution < 1.29 is 5.11 Å². The molecule has 4 heteroatoms. The minimum absolute atomic E-state index is 0.134. The van der Waals surface area contributed by atoms with Crippen LogP contribution in [0.1, 0.15) is 12.0 Å². The largest absolute Gasteiger partial charge is 0.392 e. The number of anilines is 2. The third-order valence-corrected chi connectivity index (χ3v) is 3.41. The molecule has 2 aromatic rings. The molecule has 0 spiro atoms. The fourth-order valence-corrected chi connectivity index (χ4v) is 2.34. The van der Waals surface area contributed by atoms with E-state index in [1.165, 1.54) is 0 Å². The number of halogens is 1. The van der Waals surface area contributed by atoms with E-state index in [2.05, 4.69) is 6.07 Å². The van der Waals surface area contributed by atoms with E-state index in [0.29, 0.717) is 23.6 Å². The standard InChI is InChI=1S/C16H15ClN2O/c17-15-8-4-9-16(14(15)12-20)19(11-5-10-18)13-6-2-1-3-7-13/h1-4,6-9,20H,5,11-12H2. The Morgan fingerprint density at radius 1 is 1.10 bits per heavy atom. The smallest absolute Gasteiger partial charge is 0.0716 e. The first-order chi connectivity index (χ1) is 9.77. The summed E-state index contributed by atoms with van der Waals surface area (Å²) >= 11 is 6.14. The van der Waals surface area contributed by atoms with E-state index in [9.17, 15) is 5.11 Å². The summed E-state index contributed by atoms with van der Waals surface area (Å²) in [5.74, 6) is 0. The molecule has 0 amide bonds. The van der Waals surface area contributed by atoms with E-state index >= 15 is 0 Å². The van der Waals surface area contributed by atoms with Gasteiger partial charge in [-0.2, -0.15) is 5.26 Å². The fourth-order valence-electron chi connectivity index (χ4n) is 2.12. The summed E-state index contributed by atoms with van der Waals surface area (Å²) in [5.41, 5.74) is 2.48. The van der Waals surface area contributed by atoms with Crippen molar-refractivity contribution in [1.82, 2.24) is 0 Å². The van der Waals surface area contributed by atoms with Crippen LogP contribution in [0.2, 0.25) is 5.02 Å². The molecule has 2 rings (SSSR count). The van der Waals surface area contributed by atoms with Crippen LogP contribution in [-0.2, 0) is 6.61 Å². The molecule has 0 saturated heterocycles. The molecule has 0 fully saturated rings. The summed E-state index contributed by atoms with van der Waals surface area (Å²) in [5, 5.41) is 18.9.